The van der Waals surface area contributed by atoms with Crippen molar-refractivity contribution in [3.8, 4) is 11.1 Å². The molecule has 0 unspecified atom stereocenters. The average Bonchev–Trinajstić information content (AvgIpc) is 4.12. The molecule has 5 aromatic carbocycles. The predicted octanol–water partition coefficient (Wildman–Crippen LogP) is 8.73. The standard InChI is InChI=1S/C54H57N7O6/c1-5-29(2)47(59-54(65)67-4)53(64)61-44-24-37(44)25-46(61)50-56-42-20-16-36-23-34(14-18-39(36)49(42)57-50)33-13-17-38-35(22-33)15-19-41-40(38)26-43(55-41)45-21-30(28-66-3)27-60(45)52(63)48(31-9-7-6-8-10-31)58-51(62)32-11-12-32/h6-10,13-20,22-23,29-30,32,37,44-48H,5,11-12,21,24-28H2,1-4H3,(H,56,57)(H,58,62)(H,59,65)/t29-,30-,37+,44+,45-,46-,47-,48+/m0/s1. The zero-order valence-electron chi connectivity index (χ0n) is 38.5. The van der Waals surface area contributed by atoms with Gasteiger partial charge in [0.25, 0.3) is 0 Å². The highest BCUT2D eigenvalue weighted by atomic mass is 16.5. The van der Waals surface area contributed by atoms with E-state index in [0.717, 1.165) is 111 Å². The lowest BCUT2D eigenvalue weighted by Gasteiger charge is -2.32. The molecular weight excluding hydrogens is 843 g/mol. The van der Waals surface area contributed by atoms with Crippen molar-refractivity contribution in [3.63, 3.8) is 0 Å². The fraction of sp³-hybridized carbons (Fsp3) is 0.407. The topological polar surface area (TPSA) is 158 Å². The first-order valence-corrected chi connectivity index (χ1v) is 24.0. The number of alkyl carbamates (subject to hydrolysis) is 1. The van der Waals surface area contributed by atoms with Gasteiger partial charge in [0.1, 0.15) is 17.9 Å². The number of rotatable bonds is 13. The predicted molar refractivity (Wildman–Crippen MR) is 258 cm³/mol. The van der Waals surface area contributed by atoms with Gasteiger partial charge >= 0.3 is 6.09 Å². The average molecular weight is 900 g/mol. The van der Waals surface area contributed by atoms with Gasteiger partial charge in [0.15, 0.2) is 0 Å². The molecule has 344 valence electrons. The number of benzene rings is 5. The van der Waals surface area contributed by atoms with Gasteiger partial charge in [-0.2, -0.15) is 0 Å². The van der Waals surface area contributed by atoms with Crippen molar-refractivity contribution in [2.45, 2.75) is 89.0 Å². The third kappa shape index (κ3) is 7.90. The Labute approximate surface area is 389 Å². The van der Waals surface area contributed by atoms with Crippen LogP contribution in [0.25, 0.3) is 43.7 Å². The van der Waals surface area contributed by atoms with Crippen LogP contribution in [0.3, 0.4) is 0 Å². The SMILES string of the molecule is CC[C@H](C)[C@H](NC(=O)OC)C(=O)N1[C@@H]2C[C@@H]2C[C@H]1c1nc2c(ccc3cc(-c4ccc5c6c(ccc5c4)N=C([C@@H]4C[C@H](COC)CN4C(=O)[C@H](NC(=O)C4CC4)c4ccccc4)C6)ccc32)[nH]1. The molecule has 5 aliphatic rings. The Morgan fingerprint density at radius 1 is 0.836 bits per heavy atom. The molecule has 4 amide bonds. The van der Waals surface area contributed by atoms with Crippen LogP contribution in [0.5, 0.6) is 0 Å². The second-order valence-electron chi connectivity index (χ2n) is 19.5. The van der Waals surface area contributed by atoms with Crippen molar-refractivity contribution >= 4 is 67.8 Å². The maximum atomic E-state index is 14.6. The number of nitrogens with one attached hydrogen (secondary N) is 3. The monoisotopic (exact) mass is 899 g/mol. The Hall–Kier alpha value is -6.60. The molecule has 4 heterocycles. The number of aromatic nitrogens is 2. The molecule has 0 bridgehead atoms. The molecule has 2 saturated heterocycles. The van der Waals surface area contributed by atoms with Gasteiger partial charge in [-0.1, -0.05) is 87.0 Å². The highest BCUT2D eigenvalue weighted by molar-refractivity contribution is 6.08. The number of ether oxygens (including phenoxy) is 2. The van der Waals surface area contributed by atoms with Crippen LogP contribution in [0.2, 0.25) is 0 Å². The number of nitrogens with zero attached hydrogens (tertiary/aromatic N) is 4. The van der Waals surface area contributed by atoms with Crippen LogP contribution < -0.4 is 10.6 Å². The molecular formula is C54H57N7O6. The lowest BCUT2D eigenvalue weighted by atomic mass is 9.94. The molecule has 4 fully saturated rings. The number of carbonyl (C=O) groups excluding carboxylic acids is 4. The van der Waals surface area contributed by atoms with Crippen molar-refractivity contribution < 1.29 is 28.7 Å². The fourth-order valence-corrected chi connectivity index (χ4v) is 11.2. The van der Waals surface area contributed by atoms with Crippen molar-refractivity contribution in [2.75, 3.05) is 27.4 Å². The molecule has 0 radical (unpaired) electrons. The van der Waals surface area contributed by atoms with Gasteiger partial charge in [0.2, 0.25) is 17.7 Å². The first-order chi connectivity index (χ1) is 32.6. The molecule has 1 aromatic heterocycles. The number of hydrogen-bond acceptors (Lipinski definition) is 8. The first kappa shape index (κ1) is 43.0. The van der Waals surface area contributed by atoms with Crippen LogP contribution >= 0.6 is 0 Å². The van der Waals surface area contributed by atoms with Gasteiger partial charge < -0.3 is 34.9 Å². The summed E-state index contributed by atoms with van der Waals surface area (Å²) >= 11 is 0. The Balaban J connectivity index is 0.838. The normalized spacial score (nSPS) is 23.2. The van der Waals surface area contributed by atoms with Crippen LogP contribution in [0.4, 0.5) is 10.5 Å². The lowest BCUT2D eigenvalue weighted by Crippen LogP contribution is -2.52. The largest absolute Gasteiger partial charge is 0.453 e. The quantitative estimate of drug-likeness (QED) is 0.105. The smallest absolute Gasteiger partial charge is 0.407 e. The van der Waals surface area contributed by atoms with Crippen LogP contribution in [0.15, 0.2) is 96.0 Å². The van der Waals surface area contributed by atoms with E-state index in [-0.39, 0.29) is 53.6 Å². The summed E-state index contributed by atoms with van der Waals surface area (Å²) in [6.45, 7) is 5.09. The molecule has 11 rings (SSSR count). The Morgan fingerprint density at radius 3 is 2.31 bits per heavy atom. The second-order valence-corrected chi connectivity index (χ2v) is 19.5. The van der Waals surface area contributed by atoms with Crippen LogP contribution in [-0.2, 0) is 30.3 Å². The number of aliphatic imine (C=N–C) groups is 1. The van der Waals surface area contributed by atoms with Gasteiger partial charge in [0.05, 0.1) is 42.5 Å². The molecule has 67 heavy (non-hydrogen) atoms. The maximum Gasteiger partial charge on any atom is 0.407 e. The number of imidazole rings is 1. The minimum atomic E-state index is -0.767. The zero-order valence-corrected chi connectivity index (χ0v) is 38.5. The number of amides is 4. The molecule has 13 nitrogen and oxygen atoms in total. The number of carbonyl (C=O) groups is 4. The third-order valence-electron chi connectivity index (χ3n) is 15.2. The molecule has 3 aliphatic heterocycles. The highest BCUT2D eigenvalue weighted by Gasteiger charge is 2.56. The van der Waals surface area contributed by atoms with E-state index in [4.69, 9.17) is 19.5 Å². The number of likely N-dealkylation sites (tertiary alicyclic amines) is 2. The number of aromatic amines is 1. The van der Waals surface area contributed by atoms with Gasteiger partial charge in [-0.3, -0.25) is 19.4 Å². The van der Waals surface area contributed by atoms with E-state index >= 15 is 0 Å². The van der Waals surface area contributed by atoms with Crippen molar-refractivity contribution in [3.05, 3.63) is 108 Å². The minimum absolute atomic E-state index is 0.0199. The van der Waals surface area contributed by atoms with E-state index in [1.165, 1.54) is 7.11 Å². The van der Waals surface area contributed by atoms with E-state index in [0.29, 0.717) is 25.5 Å². The number of piperidine rings is 1. The van der Waals surface area contributed by atoms with E-state index in [9.17, 15) is 19.2 Å². The summed E-state index contributed by atoms with van der Waals surface area (Å²) in [5, 5.41) is 10.3. The Bertz CT molecular complexity index is 2980. The fourth-order valence-electron chi connectivity index (χ4n) is 11.2. The first-order valence-electron chi connectivity index (χ1n) is 24.0. The summed E-state index contributed by atoms with van der Waals surface area (Å²) in [5.74, 6) is 1.04. The molecule has 2 aliphatic carbocycles. The van der Waals surface area contributed by atoms with Crippen LogP contribution in [-0.4, -0.2) is 94.8 Å². The number of H-pyrrole nitrogens is 1. The van der Waals surface area contributed by atoms with Gasteiger partial charge in [-0.15, -0.1) is 0 Å². The van der Waals surface area contributed by atoms with E-state index in [2.05, 4.69) is 76.3 Å². The molecule has 2 saturated carbocycles. The summed E-state index contributed by atoms with van der Waals surface area (Å²) in [7, 11) is 3.02. The molecule has 6 aromatic rings. The van der Waals surface area contributed by atoms with Crippen LogP contribution in [0.1, 0.15) is 81.4 Å². The molecule has 3 N–H and O–H groups in total. The van der Waals surface area contributed by atoms with Gasteiger partial charge in [0, 0.05) is 49.1 Å². The van der Waals surface area contributed by atoms with Gasteiger partial charge in [-0.05, 0) is 107 Å². The summed E-state index contributed by atoms with van der Waals surface area (Å²) in [6, 6.07) is 29.4. The molecule has 0 spiro atoms. The van der Waals surface area contributed by atoms with Crippen molar-refractivity contribution in [2.24, 2.45) is 28.7 Å². The lowest BCUT2D eigenvalue weighted by molar-refractivity contribution is -0.137. The van der Waals surface area contributed by atoms with Gasteiger partial charge in [-0.25, -0.2) is 9.78 Å². The Kier molecular flexibility index (Phi) is 11.1. The second kappa shape index (κ2) is 17.2. The van der Waals surface area contributed by atoms with Crippen molar-refractivity contribution in [1.29, 1.82) is 0 Å². The highest BCUT2D eigenvalue weighted by Crippen LogP contribution is 2.54. The number of hydrogen-bond donors (Lipinski definition) is 3. The number of fused-ring (bicyclic) bond motifs is 7. The minimum Gasteiger partial charge on any atom is -0.453 e. The Morgan fingerprint density at radius 2 is 1.58 bits per heavy atom. The van der Waals surface area contributed by atoms with Crippen molar-refractivity contribution in [1.82, 2.24) is 30.4 Å². The van der Waals surface area contributed by atoms with E-state index < -0.39 is 18.2 Å². The number of methoxy groups -OCH3 is 2. The zero-order chi connectivity index (χ0) is 46.1. The summed E-state index contributed by atoms with van der Waals surface area (Å²) in [6.07, 6.45) is 5.06. The summed E-state index contributed by atoms with van der Waals surface area (Å²) in [4.78, 5) is 72.1. The summed E-state index contributed by atoms with van der Waals surface area (Å²) < 4.78 is 10.5. The van der Waals surface area contributed by atoms with E-state index in [1.54, 1.807) is 7.11 Å². The summed E-state index contributed by atoms with van der Waals surface area (Å²) in [5.41, 5.74) is 7.83. The van der Waals surface area contributed by atoms with E-state index in [1.807, 2.05) is 54.0 Å². The molecule has 13 heteroatoms. The maximum absolute atomic E-state index is 14.6. The molecule has 8 atom stereocenters. The van der Waals surface area contributed by atoms with Crippen LogP contribution in [0, 0.1) is 23.7 Å². The third-order valence-corrected chi connectivity index (χ3v) is 15.2.